The molecule has 17 heavy (non-hydrogen) atoms. The van der Waals surface area contributed by atoms with Gasteiger partial charge in [0.25, 0.3) is 0 Å². The fourth-order valence-electron chi connectivity index (χ4n) is 2.50. The molecule has 0 amide bonds. The van der Waals surface area contributed by atoms with Crippen LogP contribution >= 0.6 is 0 Å². The molecule has 0 aliphatic carbocycles. The molecule has 0 saturated heterocycles. The first-order valence-electron chi connectivity index (χ1n) is 6.94. The Morgan fingerprint density at radius 1 is 1.00 bits per heavy atom. The summed E-state index contributed by atoms with van der Waals surface area (Å²) in [5, 5.41) is 19.3. The lowest BCUT2D eigenvalue weighted by Crippen LogP contribution is -2.56. The third-order valence-electron chi connectivity index (χ3n) is 4.23. The minimum Gasteiger partial charge on any atom is -0.453 e. The zero-order valence-corrected chi connectivity index (χ0v) is 14.1. The van der Waals surface area contributed by atoms with Crippen LogP contribution in [0, 0.1) is 0 Å². The van der Waals surface area contributed by atoms with E-state index in [0.717, 1.165) is 30.2 Å². The Balaban J connectivity index is 5.03. The Bertz CT molecular complexity index is 202. The molecule has 0 spiro atoms. The van der Waals surface area contributed by atoms with Crippen molar-refractivity contribution < 1.29 is 14.3 Å². The number of hydrogen-bond acceptors (Lipinski definition) is 3. The molecule has 0 bridgehead atoms. The summed E-state index contributed by atoms with van der Waals surface area (Å²) in [6, 6.07) is 4.79. The summed E-state index contributed by atoms with van der Waals surface area (Å²) in [6.07, 6.45) is 0. The molecule has 5 heteroatoms. The minimum absolute atomic E-state index is 0.214. The largest absolute Gasteiger partial charge is 0.453 e. The normalized spacial score (nSPS) is 15.0. The van der Waals surface area contributed by atoms with E-state index in [-0.39, 0.29) is 12.3 Å². The van der Waals surface area contributed by atoms with Crippen molar-refractivity contribution in [3.63, 3.8) is 0 Å². The van der Waals surface area contributed by atoms with Crippen LogP contribution in [-0.2, 0) is 4.12 Å². The molecule has 1 unspecified atom stereocenters. The van der Waals surface area contributed by atoms with Crippen molar-refractivity contribution >= 4 is 16.6 Å². The van der Waals surface area contributed by atoms with Gasteiger partial charge in [0.2, 0.25) is 8.32 Å². The van der Waals surface area contributed by atoms with Gasteiger partial charge in [0.05, 0.1) is 5.73 Å². The molecule has 0 fully saturated rings. The van der Waals surface area contributed by atoms with Gasteiger partial charge in [-0.3, -0.25) is 0 Å². The highest BCUT2D eigenvalue weighted by Crippen LogP contribution is 2.31. The number of aliphatic hydroxyl groups excluding tert-OH is 2. The molecular weight excluding hydrogens is 248 g/mol. The Morgan fingerprint density at radius 2 is 1.47 bits per heavy atom. The van der Waals surface area contributed by atoms with Gasteiger partial charge in [0, 0.05) is 6.61 Å². The molecule has 0 radical (unpaired) electrons. The van der Waals surface area contributed by atoms with Crippen molar-refractivity contribution in [1.29, 1.82) is 0 Å². The third kappa shape index (κ3) is 4.17. The smallest absolute Gasteiger partial charge is 0.207 e. The topological polar surface area (TPSA) is 49.7 Å². The zero-order chi connectivity index (χ0) is 13.5. The predicted octanol–water partition coefficient (Wildman–Crippen LogP) is 2.89. The molecule has 0 aliphatic rings. The second-order valence-corrected chi connectivity index (χ2v) is 14.4. The predicted molar refractivity (Wildman–Crippen MR) is 78.1 cm³/mol. The van der Waals surface area contributed by atoms with Gasteiger partial charge < -0.3 is 14.3 Å². The lowest BCUT2D eigenvalue weighted by Gasteiger charge is -2.42. The molecule has 0 aliphatic heterocycles. The van der Waals surface area contributed by atoms with Crippen LogP contribution in [0.5, 0.6) is 0 Å². The number of rotatable bonds is 9. The molecule has 1 atom stereocenters. The van der Waals surface area contributed by atoms with Gasteiger partial charge >= 0.3 is 0 Å². The SMILES string of the molecule is CC[Si](CC)(CCO)O[Si](CC)(CC)C(C)O. The highest BCUT2D eigenvalue weighted by Gasteiger charge is 2.44. The van der Waals surface area contributed by atoms with Gasteiger partial charge in [-0.25, -0.2) is 0 Å². The summed E-state index contributed by atoms with van der Waals surface area (Å²) in [5.74, 6) is 0. The van der Waals surface area contributed by atoms with Crippen molar-refractivity contribution in [3.05, 3.63) is 0 Å². The third-order valence-corrected chi connectivity index (χ3v) is 15.2. The highest BCUT2D eigenvalue weighted by molar-refractivity contribution is 6.87. The van der Waals surface area contributed by atoms with E-state index in [9.17, 15) is 10.2 Å². The van der Waals surface area contributed by atoms with E-state index in [1.165, 1.54) is 0 Å². The zero-order valence-electron chi connectivity index (χ0n) is 12.1. The maximum absolute atomic E-state index is 10.1. The van der Waals surface area contributed by atoms with Crippen LogP contribution < -0.4 is 0 Å². The van der Waals surface area contributed by atoms with Crippen LogP contribution in [0.25, 0.3) is 0 Å². The van der Waals surface area contributed by atoms with E-state index in [2.05, 4.69) is 27.7 Å². The first-order chi connectivity index (χ1) is 7.95. The van der Waals surface area contributed by atoms with Crippen LogP contribution in [0.3, 0.4) is 0 Å². The summed E-state index contributed by atoms with van der Waals surface area (Å²) in [4.78, 5) is 0. The summed E-state index contributed by atoms with van der Waals surface area (Å²) in [6.45, 7) is 10.7. The lowest BCUT2D eigenvalue weighted by molar-refractivity contribution is 0.235. The van der Waals surface area contributed by atoms with E-state index in [1.807, 2.05) is 6.92 Å². The molecule has 0 saturated carbocycles. The second kappa shape index (κ2) is 7.68. The van der Waals surface area contributed by atoms with E-state index in [1.54, 1.807) is 0 Å². The van der Waals surface area contributed by atoms with Gasteiger partial charge in [-0.2, -0.15) is 0 Å². The van der Waals surface area contributed by atoms with Gasteiger partial charge in [-0.05, 0) is 37.1 Å². The molecule has 2 N–H and O–H groups in total. The summed E-state index contributed by atoms with van der Waals surface area (Å²) >= 11 is 0. The average molecular weight is 279 g/mol. The molecule has 3 nitrogen and oxygen atoms in total. The van der Waals surface area contributed by atoms with Crippen molar-refractivity contribution in [2.45, 2.75) is 70.6 Å². The maximum Gasteiger partial charge on any atom is 0.207 e. The van der Waals surface area contributed by atoms with Crippen molar-refractivity contribution in [2.75, 3.05) is 6.61 Å². The molecule has 0 aromatic heterocycles. The molecule has 0 heterocycles. The fourth-order valence-corrected chi connectivity index (χ4v) is 12.6. The molecule has 0 aromatic carbocycles. The van der Waals surface area contributed by atoms with Crippen molar-refractivity contribution in [2.24, 2.45) is 0 Å². The van der Waals surface area contributed by atoms with Crippen LogP contribution in [-0.4, -0.2) is 39.2 Å². The molecule has 104 valence electrons. The summed E-state index contributed by atoms with van der Waals surface area (Å²) in [7, 11) is -3.86. The van der Waals surface area contributed by atoms with Gasteiger partial charge in [-0.15, -0.1) is 0 Å². The Hall–Kier alpha value is 0.314. The number of aliphatic hydroxyl groups is 2. The van der Waals surface area contributed by atoms with Gasteiger partial charge in [0.1, 0.15) is 0 Å². The first-order valence-corrected chi connectivity index (χ1v) is 11.9. The summed E-state index contributed by atoms with van der Waals surface area (Å²) in [5.41, 5.74) is -0.318. The van der Waals surface area contributed by atoms with E-state index in [4.69, 9.17) is 4.12 Å². The van der Waals surface area contributed by atoms with E-state index < -0.39 is 16.6 Å². The quantitative estimate of drug-likeness (QED) is 0.638. The number of hydrogen-bond donors (Lipinski definition) is 2. The second-order valence-electron chi connectivity index (χ2n) is 4.91. The molecule has 0 rings (SSSR count). The van der Waals surface area contributed by atoms with Gasteiger partial charge in [-0.1, -0.05) is 27.7 Å². The molecule has 0 aromatic rings. The highest BCUT2D eigenvalue weighted by atomic mass is 28.4. The summed E-state index contributed by atoms with van der Waals surface area (Å²) < 4.78 is 6.59. The monoisotopic (exact) mass is 278 g/mol. The fraction of sp³-hybridized carbons (Fsp3) is 1.00. The van der Waals surface area contributed by atoms with E-state index >= 15 is 0 Å². The van der Waals surface area contributed by atoms with Crippen LogP contribution in [0.15, 0.2) is 0 Å². The maximum atomic E-state index is 10.1. The average Bonchev–Trinajstić information content (AvgIpc) is 2.34. The Morgan fingerprint density at radius 3 is 1.71 bits per heavy atom. The van der Waals surface area contributed by atoms with Crippen LogP contribution in [0.1, 0.15) is 34.6 Å². The lowest BCUT2D eigenvalue weighted by atomic mass is 10.9. The van der Waals surface area contributed by atoms with Crippen molar-refractivity contribution in [3.8, 4) is 0 Å². The van der Waals surface area contributed by atoms with Crippen LogP contribution in [0.2, 0.25) is 30.2 Å². The standard InChI is InChI=1S/C12H30O3Si2/c1-6-16(7-2,11-10-13)15-17(8-3,9-4)12(5)14/h12-14H,6-11H2,1-5H3. The Kier molecular flexibility index (Phi) is 7.83. The van der Waals surface area contributed by atoms with Crippen LogP contribution in [0.4, 0.5) is 0 Å². The molecular formula is C12H30O3Si2. The minimum atomic E-state index is -2.03. The first kappa shape index (κ1) is 17.3. The van der Waals surface area contributed by atoms with Gasteiger partial charge in [0.15, 0.2) is 8.32 Å². The van der Waals surface area contributed by atoms with E-state index in [0.29, 0.717) is 0 Å². The Labute approximate surface area is 108 Å². The van der Waals surface area contributed by atoms with Crippen molar-refractivity contribution in [1.82, 2.24) is 0 Å².